The van der Waals surface area contributed by atoms with Crippen molar-refractivity contribution in [3.8, 4) is 11.3 Å². The predicted molar refractivity (Wildman–Crippen MR) is 106 cm³/mol. The van der Waals surface area contributed by atoms with Crippen LogP contribution in [0, 0.1) is 13.8 Å². The van der Waals surface area contributed by atoms with Gasteiger partial charge >= 0.3 is 0 Å². The number of thiazole rings is 2. The van der Waals surface area contributed by atoms with Gasteiger partial charge in [-0.2, -0.15) is 0 Å². The molecule has 4 aromatic rings. The van der Waals surface area contributed by atoms with Gasteiger partial charge in [0.15, 0.2) is 4.96 Å². The van der Waals surface area contributed by atoms with E-state index in [1.165, 1.54) is 11.3 Å². The van der Waals surface area contributed by atoms with Crippen LogP contribution in [0.15, 0.2) is 41.2 Å². The molecule has 0 saturated heterocycles. The normalized spacial score (nSPS) is 12.4. The van der Waals surface area contributed by atoms with Crippen LogP contribution >= 0.6 is 22.7 Å². The molecule has 1 aromatic carbocycles. The van der Waals surface area contributed by atoms with Crippen LogP contribution < -0.4 is 5.32 Å². The molecule has 4 rings (SSSR count). The highest BCUT2D eigenvalue weighted by Gasteiger charge is 2.19. The Morgan fingerprint density at radius 3 is 2.69 bits per heavy atom. The molecule has 0 spiro atoms. The summed E-state index contributed by atoms with van der Waals surface area (Å²) in [5.74, 6) is -0.122. The van der Waals surface area contributed by atoms with E-state index in [0.29, 0.717) is 5.69 Å². The molecule has 3 heterocycles. The molecule has 3 aromatic heterocycles. The monoisotopic (exact) mass is 382 g/mol. The number of amides is 1. The van der Waals surface area contributed by atoms with E-state index >= 15 is 0 Å². The molecule has 1 atom stereocenters. The molecular formula is C19H18N4OS2. The number of aryl methyl sites for hydroxylation is 2. The van der Waals surface area contributed by atoms with E-state index in [4.69, 9.17) is 0 Å². The first kappa shape index (κ1) is 16.9. The number of hydrogen-bond acceptors (Lipinski definition) is 5. The molecule has 132 valence electrons. The van der Waals surface area contributed by atoms with Gasteiger partial charge < -0.3 is 5.32 Å². The third-order valence-electron chi connectivity index (χ3n) is 4.29. The van der Waals surface area contributed by atoms with Crippen molar-refractivity contribution in [2.75, 3.05) is 0 Å². The van der Waals surface area contributed by atoms with Crippen molar-refractivity contribution in [1.82, 2.24) is 19.7 Å². The number of carbonyl (C=O) groups excluding carboxylic acids is 1. The molecule has 7 heteroatoms. The first-order chi connectivity index (χ1) is 12.5. The second kappa shape index (κ2) is 6.66. The molecule has 0 aliphatic carbocycles. The zero-order valence-electron chi connectivity index (χ0n) is 14.7. The van der Waals surface area contributed by atoms with Crippen LogP contribution in [-0.4, -0.2) is 20.3 Å². The maximum Gasteiger partial charge on any atom is 0.269 e. The molecule has 26 heavy (non-hydrogen) atoms. The Morgan fingerprint density at radius 2 is 1.96 bits per heavy atom. The average molecular weight is 383 g/mol. The van der Waals surface area contributed by atoms with Crippen LogP contribution in [0.25, 0.3) is 16.2 Å². The third kappa shape index (κ3) is 3.04. The lowest BCUT2D eigenvalue weighted by Crippen LogP contribution is -2.27. The van der Waals surface area contributed by atoms with Crippen LogP contribution in [0.3, 0.4) is 0 Å². The van der Waals surface area contributed by atoms with E-state index in [0.717, 1.165) is 32.5 Å². The molecule has 0 bridgehead atoms. The van der Waals surface area contributed by atoms with Crippen LogP contribution in [0.4, 0.5) is 0 Å². The number of nitrogens with zero attached hydrogens (tertiary/aromatic N) is 3. The predicted octanol–water partition coefficient (Wildman–Crippen LogP) is 4.63. The van der Waals surface area contributed by atoms with E-state index in [-0.39, 0.29) is 11.9 Å². The minimum absolute atomic E-state index is 0.122. The van der Waals surface area contributed by atoms with E-state index < -0.39 is 0 Å². The van der Waals surface area contributed by atoms with Gasteiger partial charge in [0.1, 0.15) is 5.69 Å². The summed E-state index contributed by atoms with van der Waals surface area (Å²) >= 11 is 3.05. The van der Waals surface area contributed by atoms with Crippen LogP contribution in [0.1, 0.15) is 39.7 Å². The number of benzene rings is 1. The van der Waals surface area contributed by atoms with Gasteiger partial charge in [-0.25, -0.2) is 9.97 Å². The van der Waals surface area contributed by atoms with Gasteiger partial charge in [-0.05, 0) is 26.3 Å². The fraction of sp³-hybridized carbons (Fsp3) is 0.211. The molecule has 0 aliphatic heterocycles. The van der Waals surface area contributed by atoms with Crippen molar-refractivity contribution in [2.45, 2.75) is 26.8 Å². The highest BCUT2D eigenvalue weighted by molar-refractivity contribution is 7.15. The van der Waals surface area contributed by atoms with E-state index in [2.05, 4.69) is 28.3 Å². The summed E-state index contributed by atoms with van der Waals surface area (Å²) in [5, 5.41) is 7.85. The van der Waals surface area contributed by atoms with Crippen molar-refractivity contribution in [3.05, 3.63) is 63.2 Å². The lowest BCUT2D eigenvalue weighted by Gasteiger charge is -2.11. The quantitative estimate of drug-likeness (QED) is 0.560. The largest absolute Gasteiger partial charge is 0.343 e. The first-order valence-electron chi connectivity index (χ1n) is 8.28. The summed E-state index contributed by atoms with van der Waals surface area (Å²) in [6, 6.07) is 7.99. The maximum absolute atomic E-state index is 12.7. The standard InChI is InChI=1S/C19H18N4OS2/c1-11-6-4-5-7-14(11)15-8-23-17(10-26-19(23)22-15)18(24)20-12(2)16-9-25-13(3)21-16/h4-10,12H,1-3H3,(H,20,24)/t12-/m0/s1. The van der Waals surface area contributed by atoms with Crippen molar-refractivity contribution >= 4 is 33.5 Å². The third-order valence-corrected chi connectivity index (χ3v) is 5.92. The summed E-state index contributed by atoms with van der Waals surface area (Å²) in [7, 11) is 0. The number of aromatic nitrogens is 3. The lowest BCUT2D eigenvalue weighted by atomic mass is 10.1. The number of carbonyl (C=O) groups is 1. The van der Waals surface area contributed by atoms with Crippen molar-refractivity contribution in [2.24, 2.45) is 0 Å². The summed E-state index contributed by atoms with van der Waals surface area (Å²) in [5.41, 5.74) is 4.61. The minimum atomic E-state index is -0.137. The molecule has 5 nitrogen and oxygen atoms in total. The molecule has 0 fully saturated rings. The topological polar surface area (TPSA) is 59.3 Å². The number of hydrogen-bond donors (Lipinski definition) is 1. The highest BCUT2D eigenvalue weighted by Crippen LogP contribution is 2.26. The second-order valence-electron chi connectivity index (χ2n) is 6.20. The lowest BCUT2D eigenvalue weighted by molar-refractivity contribution is 0.0933. The molecule has 0 radical (unpaired) electrons. The fourth-order valence-corrected chi connectivity index (χ4v) is 4.42. The Labute approximate surface area is 159 Å². The Kier molecular flexibility index (Phi) is 4.34. The molecule has 0 saturated carbocycles. The summed E-state index contributed by atoms with van der Waals surface area (Å²) < 4.78 is 1.86. The zero-order chi connectivity index (χ0) is 18.3. The summed E-state index contributed by atoms with van der Waals surface area (Å²) in [4.78, 5) is 22.7. The van der Waals surface area contributed by atoms with E-state index in [1.54, 1.807) is 11.3 Å². The average Bonchev–Trinajstić information content (AvgIpc) is 3.30. The van der Waals surface area contributed by atoms with E-state index in [1.807, 2.05) is 53.4 Å². The minimum Gasteiger partial charge on any atom is -0.343 e. The SMILES string of the molecule is Cc1nc([C@H](C)NC(=O)c2csc3nc(-c4ccccc4C)cn23)cs1. The van der Waals surface area contributed by atoms with Crippen LogP contribution in [0.5, 0.6) is 0 Å². The zero-order valence-corrected chi connectivity index (χ0v) is 16.3. The van der Waals surface area contributed by atoms with Crippen molar-refractivity contribution < 1.29 is 4.79 Å². The van der Waals surface area contributed by atoms with E-state index in [9.17, 15) is 4.79 Å². The maximum atomic E-state index is 12.7. The molecule has 0 unspecified atom stereocenters. The molecule has 1 amide bonds. The van der Waals surface area contributed by atoms with Gasteiger partial charge in [0.05, 0.1) is 22.4 Å². The van der Waals surface area contributed by atoms with Crippen molar-refractivity contribution in [1.29, 1.82) is 0 Å². The Hall–Kier alpha value is -2.51. The van der Waals surface area contributed by atoms with Gasteiger partial charge in [-0.3, -0.25) is 9.20 Å². The van der Waals surface area contributed by atoms with Gasteiger partial charge in [0, 0.05) is 22.5 Å². The molecule has 1 N–H and O–H groups in total. The number of fused-ring (bicyclic) bond motifs is 1. The number of nitrogens with one attached hydrogen (secondary N) is 1. The number of imidazole rings is 1. The number of rotatable bonds is 4. The van der Waals surface area contributed by atoms with Crippen LogP contribution in [0.2, 0.25) is 0 Å². The second-order valence-corrected chi connectivity index (χ2v) is 8.10. The smallest absolute Gasteiger partial charge is 0.269 e. The van der Waals surface area contributed by atoms with Gasteiger partial charge in [0.2, 0.25) is 0 Å². The van der Waals surface area contributed by atoms with Gasteiger partial charge in [-0.1, -0.05) is 24.3 Å². The summed E-state index contributed by atoms with van der Waals surface area (Å²) in [6.07, 6.45) is 1.93. The van der Waals surface area contributed by atoms with Gasteiger partial charge in [-0.15, -0.1) is 22.7 Å². The van der Waals surface area contributed by atoms with Crippen LogP contribution in [-0.2, 0) is 0 Å². The first-order valence-corrected chi connectivity index (χ1v) is 10.0. The van der Waals surface area contributed by atoms with Crippen molar-refractivity contribution in [3.63, 3.8) is 0 Å². The highest BCUT2D eigenvalue weighted by atomic mass is 32.1. The van der Waals surface area contributed by atoms with Gasteiger partial charge in [0.25, 0.3) is 5.91 Å². The molecular weight excluding hydrogens is 364 g/mol. The summed E-state index contributed by atoms with van der Waals surface area (Å²) in [6.45, 7) is 5.97. The Balaban J connectivity index is 1.62. The Morgan fingerprint density at radius 1 is 1.15 bits per heavy atom. The molecule has 0 aliphatic rings. The fourth-order valence-electron chi connectivity index (χ4n) is 2.86. The Bertz CT molecular complexity index is 1090.